The van der Waals surface area contributed by atoms with Crippen LogP contribution in [0.3, 0.4) is 0 Å². The van der Waals surface area contributed by atoms with E-state index >= 15 is 0 Å². The molecule has 2 rings (SSSR count). The Hall–Kier alpha value is -0.203. The highest BCUT2D eigenvalue weighted by Crippen LogP contribution is 2.23. The summed E-state index contributed by atoms with van der Waals surface area (Å²) in [4.78, 5) is 0. The van der Waals surface area contributed by atoms with Gasteiger partial charge in [-0.3, -0.25) is 0 Å². The number of hydrogen-bond acceptors (Lipinski definition) is 4. The van der Waals surface area contributed by atoms with E-state index in [1.807, 2.05) is 0 Å². The van der Waals surface area contributed by atoms with Crippen LogP contribution in [0.4, 0.5) is 0 Å². The summed E-state index contributed by atoms with van der Waals surface area (Å²) in [6, 6.07) is 0. The van der Waals surface area contributed by atoms with Crippen molar-refractivity contribution < 1.29 is 17.7 Å². The van der Waals surface area contributed by atoms with E-state index in [2.05, 4.69) is 0 Å². The van der Waals surface area contributed by atoms with Gasteiger partial charge in [-0.1, -0.05) is 0 Å². The molecular formula is C6H10O4Si+2. The van der Waals surface area contributed by atoms with E-state index in [4.69, 9.17) is 17.7 Å². The molecule has 0 radical (unpaired) electrons. The van der Waals surface area contributed by atoms with E-state index in [0.29, 0.717) is 13.2 Å². The second kappa shape index (κ2) is 3.04. The Morgan fingerprint density at radius 2 is 1.45 bits per heavy atom. The Labute approximate surface area is 66.9 Å². The van der Waals surface area contributed by atoms with Crippen molar-refractivity contribution in [1.82, 2.24) is 0 Å². The zero-order valence-electron chi connectivity index (χ0n) is 6.12. The van der Waals surface area contributed by atoms with Crippen LogP contribution in [-0.4, -0.2) is 22.3 Å². The van der Waals surface area contributed by atoms with Crippen LogP contribution in [0.2, 0.25) is 0 Å². The van der Waals surface area contributed by atoms with Gasteiger partial charge in [-0.15, -0.1) is 8.85 Å². The molecule has 0 amide bonds. The minimum absolute atomic E-state index is 0.639. The minimum atomic E-state index is -2.68. The lowest BCUT2D eigenvalue weighted by Gasteiger charge is -2.23. The monoisotopic (exact) mass is 174 g/mol. The van der Waals surface area contributed by atoms with Crippen molar-refractivity contribution in [2.45, 2.75) is 12.8 Å². The van der Waals surface area contributed by atoms with Crippen LogP contribution in [0.15, 0.2) is 0 Å². The molecule has 0 aromatic rings. The molecule has 2 saturated heterocycles. The molecule has 11 heavy (non-hydrogen) atoms. The van der Waals surface area contributed by atoms with Crippen LogP contribution in [-0.2, 0) is 17.7 Å². The van der Waals surface area contributed by atoms with Gasteiger partial charge in [0.25, 0.3) is 0 Å². The summed E-state index contributed by atoms with van der Waals surface area (Å²) >= 11 is 0. The van der Waals surface area contributed by atoms with Gasteiger partial charge in [0.2, 0.25) is 13.2 Å². The Morgan fingerprint density at radius 1 is 0.909 bits per heavy atom. The van der Waals surface area contributed by atoms with Gasteiger partial charge in [-0.25, -0.2) is 0 Å². The summed E-state index contributed by atoms with van der Waals surface area (Å²) < 4.78 is 21.1. The van der Waals surface area contributed by atoms with Crippen molar-refractivity contribution in [1.29, 1.82) is 0 Å². The van der Waals surface area contributed by atoms with Crippen LogP contribution >= 0.6 is 0 Å². The second-order valence-electron chi connectivity index (χ2n) is 2.34. The summed E-state index contributed by atoms with van der Waals surface area (Å²) in [5.41, 5.74) is 0. The lowest BCUT2D eigenvalue weighted by Crippen LogP contribution is -2.52. The largest absolute Gasteiger partial charge is 0.764 e. The van der Waals surface area contributed by atoms with Gasteiger partial charge in [0.05, 0.1) is 13.2 Å². The van der Waals surface area contributed by atoms with Gasteiger partial charge in [0, 0.05) is 0 Å². The molecule has 0 unspecified atom stereocenters. The fraction of sp³-hybridized carbons (Fsp3) is 0.667. The Balaban J connectivity index is 1.94. The summed E-state index contributed by atoms with van der Waals surface area (Å²) in [5.74, 6) is 0. The maximum Gasteiger partial charge on any atom is 0.764 e. The molecule has 60 valence electrons. The quantitative estimate of drug-likeness (QED) is 0.398. The fourth-order valence-electron chi connectivity index (χ4n) is 0.992. The lowest BCUT2D eigenvalue weighted by atomic mass is 10.5. The third-order valence-electron chi connectivity index (χ3n) is 1.48. The molecule has 2 aliphatic heterocycles. The highest BCUT2D eigenvalue weighted by Gasteiger charge is 2.59. The van der Waals surface area contributed by atoms with Crippen LogP contribution in [0, 0.1) is 13.2 Å². The Bertz CT molecular complexity index is 109. The predicted molar refractivity (Wildman–Crippen MR) is 37.7 cm³/mol. The first-order valence-corrected chi connectivity index (χ1v) is 5.31. The molecule has 1 spiro atoms. The molecule has 4 nitrogen and oxygen atoms in total. The highest BCUT2D eigenvalue weighted by molar-refractivity contribution is 6.54. The molecular weight excluding hydrogens is 164 g/mol. The maximum absolute atomic E-state index is 5.32. The molecule has 0 bridgehead atoms. The number of hydrogen-bond donors (Lipinski definition) is 0. The molecule has 2 aliphatic rings. The van der Waals surface area contributed by atoms with Crippen LogP contribution < -0.4 is 0 Å². The van der Waals surface area contributed by atoms with Gasteiger partial charge in [-0.2, -0.15) is 0 Å². The summed E-state index contributed by atoms with van der Waals surface area (Å²) in [5, 5.41) is 0. The summed E-state index contributed by atoms with van der Waals surface area (Å²) in [7, 11) is -2.68. The van der Waals surface area contributed by atoms with Crippen molar-refractivity contribution in [2.75, 3.05) is 13.2 Å². The van der Waals surface area contributed by atoms with E-state index in [0.717, 1.165) is 12.8 Å². The van der Waals surface area contributed by atoms with Crippen molar-refractivity contribution in [3.05, 3.63) is 13.2 Å². The molecule has 0 saturated carbocycles. The first-order valence-electron chi connectivity index (χ1n) is 3.68. The zero-order chi connectivity index (χ0) is 7.57. The molecule has 2 heterocycles. The van der Waals surface area contributed by atoms with Gasteiger partial charge in [0.1, 0.15) is 12.8 Å². The zero-order valence-corrected chi connectivity index (χ0v) is 7.12. The van der Waals surface area contributed by atoms with E-state index in [1.165, 1.54) is 0 Å². The van der Waals surface area contributed by atoms with Crippen LogP contribution in [0.1, 0.15) is 12.8 Å². The van der Waals surface area contributed by atoms with Gasteiger partial charge in [0.15, 0.2) is 0 Å². The van der Waals surface area contributed by atoms with Gasteiger partial charge in [-0.05, 0) is 0 Å². The molecule has 0 N–H and O–H groups in total. The standard InChI is InChI=1S/C6H10O4Si/c1-3-7-11(8-4-1)9-5-2-6-10-11/h3,5H,1-2,4,6H2/q+2. The first kappa shape index (κ1) is 7.45. The predicted octanol–water partition coefficient (Wildman–Crippen LogP) is 0.619. The van der Waals surface area contributed by atoms with Crippen LogP contribution in [0.5, 0.6) is 0 Å². The third-order valence-corrected chi connectivity index (χ3v) is 3.51. The Morgan fingerprint density at radius 3 is 1.82 bits per heavy atom. The average molecular weight is 174 g/mol. The Kier molecular flexibility index (Phi) is 2.06. The smallest absolute Gasteiger partial charge is 0.343 e. The number of rotatable bonds is 0. The first-order chi connectivity index (χ1) is 5.41. The molecule has 0 aromatic carbocycles. The second-order valence-corrected chi connectivity index (χ2v) is 4.39. The van der Waals surface area contributed by atoms with Crippen molar-refractivity contribution in [2.24, 2.45) is 0 Å². The van der Waals surface area contributed by atoms with E-state index in [9.17, 15) is 0 Å². The van der Waals surface area contributed by atoms with E-state index in [1.54, 1.807) is 13.2 Å². The minimum Gasteiger partial charge on any atom is -0.343 e. The average Bonchev–Trinajstić information content (AvgIpc) is 2.07. The van der Waals surface area contributed by atoms with Crippen molar-refractivity contribution >= 4 is 9.05 Å². The molecule has 2 fully saturated rings. The molecule has 0 aromatic heterocycles. The fourth-order valence-corrected chi connectivity index (χ4v) is 2.78. The van der Waals surface area contributed by atoms with Crippen molar-refractivity contribution in [3.8, 4) is 0 Å². The lowest BCUT2D eigenvalue weighted by molar-refractivity contribution is -0.0491. The summed E-state index contributed by atoms with van der Waals surface area (Å²) in [6.07, 6.45) is 1.61. The summed E-state index contributed by atoms with van der Waals surface area (Å²) in [6.45, 7) is 4.68. The molecule has 5 heteroatoms. The highest BCUT2D eigenvalue weighted by atomic mass is 28.4. The van der Waals surface area contributed by atoms with Gasteiger partial charge < -0.3 is 8.85 Å². The van der Waals surface area contributed by atoms with Crippen LogP contribution in [0.25, 0.3) is 0 Å². The maximum atomic E-state index is 5.32. The molecule has 0 aliphatic carbocycles. The third kappa shape index (κ3) is 1.52. The van der Waals surface area contributed by atoms with Crippen molar-refractivity contribution in [3.63, 3.8) is 0 Å². The van der Waals surface area contributed by atoms with E-state index in [-0.39, 0.29) is 0 Å². The normalized spacial score (nSPS) is 29.1. The van der Waals surface area contributed by atoms with E-state index < -0.39 is 9.05 Å². The topological polar surface area (TPSA) is 36.9 Å². The van der Waals surface area contributed by atoms with Gasteiger partial charge >= 0.3 is 9.05 Å². The SMILES string of the molecule is [CH+]1CCO[Si]2(O1)O[CH+]CCO2. The molecule has 0 atom stereocenters.